The molecule has 0 fully saturated rings. The minimum absolute atomic E-state index is 0.0935. The molecule has 3 rings (SSSR count). The number of aliphatic carboxylic acids is 1. The van der Waals surface area contributed by atoms with E-state index in [1.165, 1.54) is 17.3 Å². The highest BCUT2D eigenvalue weighted by atomic mass is 16.4. The van der Waals surface area contributed by atoms with Crippen molar-refractivity contribution in [1.82, 2.24) is 24.4 Å². The molecule has 1 aliphatic heterocycles. The fourth-order valence-electron chi connectivity index (χ4n) is 2.62. The van der Waals surface area contributed by atoms with Gasteiger partial charge in [-0.1, -0.05) is 0 Å². The minimum atomic E-state index is -0.975. The average Bonchev–Trinajstić information content (AvgIpc) is 2.88. The maximum atomic E-state index is 12.5. The molecule has 0 aliphatic carbocycles. The molecule has 114 valence electrons. The first-order chi connectivity index (χ1) is 10.5. The maximum absolute atomic E-state index is 12.5. The van der Waals surface area contributed by atoms with E-state index in [1.807, 2.05) is 0 Å². The number of hydrogen-bond donors (Lipinski definition) is 1. The second-order valence-electron chi connectivity index (χ2n) is 5.31. The van der Waals surface area contributed by atoms with E-state index >= 15 is 0 Å². The van der Waals surface area contributed by atoms with Crippen LogP contribution in [-0.4, -0.2) is 47.9 Å². The van der Waals surface area contributed by atoms with Crippen LogP contribution >= 0.6 is 0 Å². The summed E-state index contributed by atoms with van der Waals surface area (Å²) in [5.74, 6) is -2.11. The third-order valence-corrected chi connectivity index (χ3v) is 3.72. The highest BCUT2D eigenvalue weighted by Crippen LogP contribution is 2.28. The fourth-order valence-corrected chi connectivity index (χ4v) is 2.62. The number of imidazole rings is 1. The predicted octanol–water partition coefficient (Wildman–Crippen LogP) is 0.343. The molecule has 0 bridgehead atoms. The quantitative estimate of drug-likeness (QED) is 0.858. The number of carbonyl (C=O) groups is 2. The molecular weight excluding hydrogens is 286 g/mol. The maximum Gasteiger partial charge on any atom is 0.314 e. The van der Waals surface area contributed by atoms with Crippen LogP contribution in [0.4, 0.5) is 0 Å². The SMILES string of the molecule is Cc1cnc(C(=O)N2Cc3ncn(C)c3C(C(=O)O)C2)cn1. The Morgan fingerprint density at radius 1 is 1.27 bits per heavy atom. The second-order valence-corrected chi connectivity index (χ2v) is 5.31. The number of nitrogens with zero attached hydrogens (tertiary/aromatic N) is 5. The molecule has 22 heavy (non-hydrogen) atoms. The Morgan fingerprint density at radius 3 is 2.68 bits per heavy atom. The lowest BCUT2D eigenvalue weighted by Crippen LogP contribution is -2.41. The number of rotatable bonds is 2. The lowest BCUT2D eigenvalue weighted by molar-refractivity contribution is -0.139. The number of hydrogen-bond acceptors (Lipinski definition) is 5. The van der Waals surface area contributed by atoms with Crippen molar-refractivity contribution in [2.75, 3.05) is 6.54 Å². The number of fused-ring (bicyclic) bond motifs is 1. The van der Waals surface area contributed by atoms with E-state index in [1.54, 1.807) is 24.9 Å². The van der Waals surface area contributed by atoms with Gasteiger partial charge in [0, 0.05) is 19.8 Å². The van der Waals surface area contributed by atoms with Crippen LogP contribution in [0.25, 0.3) is 0 Å². The van der Waals surface area contributed by atoms with Gasteiger partial charge in [-0.25, -0.2) is 9.97 Å². The molecule has 8 nitrogen and oxygen atoms in total. The number of aromatic nitrogens is 4. The molecule has 1 N–H and O–H groups in total. The molecule has 1 amide bonds. The summed E-state index contributed by atoms with van der Waals surface area (Å²) in [6, 6.07) is 0. The van der Waals surface area contributed by atoms with E-state index in [4.69, 9.17) is 0 Å². The Labute approximate surface area is 126 Å². The van der Waals surface area contributed by atoms with Gasteiger partial charge in [-0.15, -0.1) is 0 Å². The number of amides is 1. The van der Waals surface area contributed by atoms with Gasteiger partial charge >= 0.3 is 5.97 Å². The number of carboxylic acid groups (broad SMARTS) is 1. The molecule has 2 aromatic heterocycles. The van der Waals surface area contributed by atoms with Crippen LogP contribution in [-0.2, 0) is 18.4 Å². The van der Waals surface area contributed by atoms with Crippen LogP contribution in [0.15, 0.2) is 18.7 Å². The van der Waals surface area contributed by atoms with E-state index in [0.29, 0.717) is 17.1 Å². The van der Waals surface area contributed by atoms with Crippen LogP contribution in [0, 0.1) is 6.92 Å². The lowest BCUT2D eigenvalue weighted by atomic mass is 9.98. The zero-order valence-corrected chi connectivity index (χ0v) is 12.2. The van der Waals surface area contributed by atoms with Gasteiger partial charge < -0.3 is 14.6 Å². The summed E-state index contributed by atoms with van der Waals surface area (Å²) in [6.07, 6.45) is 4.49. The third kappa shape index (κ3) is 2.32. The summed E-state index contributed by atoms with van der Waals surface area (Å²) >= 11 is 0. The van der Waals surface area contributed by atoms with E-state index in [9.17, 15) is 14.7 Å². The normalized spacial score (nSPS) is 17.2. The van der Waals surface area contributed by atoms with E-state index in [-0.39, 0.29) is 24.7 Å². The van der Waals surface area contributed by atoms with Gasteiger partial charge in [0.25, 0.3) is 5.91 Å². The van der Waals surface area contributed by atoms with Gasteiger partial charge in [0.1, 0.15) is 11.6 Å². The average molecular weight is 301 g/mol. The number of carbonyl (C=O) groups excluding carboxylic acids is 1. The predicted molar refractivity (Wildman–Crippen MR) is 75.1 cm³/mol. The summed E-state index contributed by atoms with van der Waals surface area (Å²) in [5.41, 5.74) is 2.17. The molecule has 1 aliphatic rings. The van der Waals surface area contributed by atoms with Crippen molar-refractivity contribution < 1.29 is 14.7 Å². The van der Waals surface area contributed by atoms with Crippen molar-refractivity contribution >= 4 is 11.9 Å². The summed E-state index contributed by atoms with van der Waals surface area (Å²) in [4.78, 5) is 37.8. The van der Waals surface area contributed by atoms with Crippen LogP contribution in [0.2, 0.25) is 0 Å². The zero-order valence-electron chi connectivity index (χ0n) is 12.2. The number of aryl methyl sites for hydroxylation is 2. The molecule has 3 heterocycles. The summed E-state index contributed by atoms with van der Waals surface area (Å²) < 4.78 is 1.70. The number of carboxylic acids is 1. The Hall–Kier alpha value is -2.77. The topological polar surface area (TPSA) is 101 Å². The standard InChI is InChI=1S/C14H15N5O3/c1-8-3-16-10(4-15-8)13(20)19-5-9(14(21)22)12-11(6-19)17-7-18(12)2/h3-4,7,9H,5-6H2,1-2H3,(H,21,22). The molecule has 1 atom stereocenters. The van der Waals surface area contributed by atoms with Gasteiger partial charge in [-0.3, -0.25) is 14.6 Å². The van der Waals surface area contributed by atoms with Crippen molar-refractivity contribution in [2.45, 2.75) is 19.4 Å². The van der Waals surface area contributed by atoms with Gasteiger partial charge in [0.15, 0.2) is 0 Å². The van der Waals surface area contributed by atoms with Crippen molar-refractivity contribution in [1.29, 1.82) is 0 Å². The summed E-state index contributed by atoms with van der Waals surface area (Å²) in [7, 11) is 1.75. The van der Waals surface area contributed by atoms with Crippen LogP contribution in [0.1, 0.15) is 33.5 Å². The lowest BCUT2D eigenvalue weighted by Gasteiger charge is -2.30. The van der Waals surface area contributed by atoms with Crippen LogP contribution < -0.4 is 0 Å². The van der Waals surface area contributed by atoms with Crippen molar-refractivity contribution in [3.05, 3.63) is 41.5 Å². The first kappa shape index (κ1) is 14.2. The van der Waals surface area contributed by atoms with Crippen molar-refractivity contribution in [3.63, 3.8) is 0 Å². The first-order valence-corrected chi connectivity index (χ1v) is 6.78. The minimum Gasteiger partial charge on any atom is -0.481 e. The Morgan fingerprint density at radius 2 is 2.05 bits per heavy atom. The Bertz CT molecular complexity index is 737. The highest BCUT2D eigenvalue weighted by Gasteiger charge is 2.36. The van der Waals surface area contributed by atoms with Gasteiger partial charge in [-0.2, -0.15) is 0 Å². The van der Waals surface area contributed by atoms with Crippen LogP contribution in [0.3, 0.4) is 0 Å². The molecular formula is C14H15N5O3. The molecule has 0 radical (unpaired) electrons. The van der Waals surface area contributed by atoms with E-state index in [0.717, 1.165) is 0 Å². The monoisotopic (exact) mass is 301 g/mol. The second kappa shape index (κ2) is 5.21. The molecule has 2 aromatic rings. The van der Waals surface area contributed by atoms with Gasteiger partial charge in [-0.05, 0) is 6.92 Å². The molecule has 0 saturated heterocycles. The van der Waals surface area contributed by atoms with Crippen LogP contribution in [0.5, 0.6) is 0 Å². The fraction of sp³-hybridized carbons (Fsp3) is 0.357. The van der Waals surface area contributed by atoms with Crippen molar-refractivity contribution in [3.8, 4) is 0 Å². The third-order valence-electron chi connectivity index (χ3n) is 3.72. The molecule has 0 aromatic carbocycles. The smallest absolute Gasteiger partial charge is 0.314 e. The van der Waals surface area contributed by atoms with Crippen molar-refractivity contribution in [2.24, 2.45) is 7.05 Å². The highest BCUT2D eigenvalue weighted by molar-refractivity contribution is 5.92. The molecule has 1 unspecified atom stereocenters. The first-order valence-electron chi connectivity index (χ1n) is 6.78. The molecule has 0 spiro atoms. The van der Waals surface area contributed by atoms with E-state index < -0.39 is 11.9 Å². The summed E-state index contributed by atoms with van der Waals surface area (Å²) in [6.45, 7) is 2.15. The summed E-state index contributed by atoms with van der Waals surface area (Å²) in [5, 5.41) is 9.43. The molecule has 8 heteroatoms. The van der Waals surface area contributed by atoms with Gasteiger partial charge in [0.05, 0.1) is 36.2 Å². The van der Waals surface area contributed by atoms with Gasteiger partial charge in [0.2, 0.25) is 0 Å². The van der Waals surface area contributed by atoms with E-state index in [2.05, 4.69) is 15.0 Å². The Kier molecular flexibility index (Phi) is 3.36. The zero-order chi connectivity index (χ0) is 15.9. The Balaban J connectivity index is 1.92. The largest absolute Gasteiger partial charge is 0.481 e. The molecule has 0 saturated carbocycles.